The van der Waals surface area contributed by atoms with Crippen molar-refractivity contribution in [1.82, 2.24) is 4.98 Å². The summed E-state index contributed by atoms with van der Waals surface area (Å²) in [6, 6.07) is 2.63. The van der Waals surface area contributed by atoms with Crippen LogP contribution in [0.3, 0.4) is 0 Å². The number of nitrogens with zero attached hydrogens (tertiary/aromatic N) is 2. The molecule has 3 nitrogen and oxygen atoms in total. The van der Waals surface area contributed by atoms with Gasteiger partial charge in [-0.3, -0.25) is 4.98 Å². The van der Waals surface area contributed by atoms with Crippen molar-refractivity contribution in [2.45, 2.75) is 51.2 Å². The first kappa shape index (κ1) is 12.4. The normalized spacial score (nSPS) is 17.8. The summed E-state index contributed by atoms with van der Waals surface area (Å²) in [5, 5.41) is 9.35. The van der Waals surface area contributed by atoms with Crippen LogP contribution in [0.2, 0.25) is 0 Å². The van der Waals surface area contributed by atoms with E-state index >= 15 is 0 Å². The highest BCUT2D eigenvalue weighted by molar-refractivity contribution is 5.52. The van der Waals surface area contributed by atoms with Gasteiger partial charge in [0, 0.05) is 36.7 Å². The minimum atomic E-state index is 0.0697. The molecule has 1 fully saturated rings. The van der Waals surface area contributed by atoms with Gasteiger partial charge in [0.15, 0.2) is 0 Å². The Labute approximate surface area is 103 Å². The van der Waals surface area contributed by atoms with Crippen LogP contribution in [0.15, 0.2) is 18.5 Å². The summed E-state index contributed by atoms with van der Waals surface area (Å²) in [6.45, 7) is 0.0697. The van der Waals surface area contributed by atoms with Crippen molar-refractivity contribution in [3.8, 4) is 0 Å². The van der Waals surface area contributed by atoms with E-state index in [0.717, 1.165) is 11.3 Å². The molecule has 1 aromatic rings. The van der Waals surface area contributed by atoms with Gasteiger partial charge < -0.3 is 10.0 Å². The van der Waals surface area contributed by atoms with Gasteiger partial charge in [0.05, 0.1) is 6.61 Å². The number of aliphatic hydroxyl groups excluding tert-OH is 1. The first-order chi connectivity index (χ1) is 8.33. The standard InChI is InChI=1S/C14H22N2O/c1-16(13-6-4-2-3-5-7-13)14-8-9-15-10-12(14)11-17/h8-10,13,17H,2-7,11H2,1H3. The van der Waals surface area contributed by atoms with Crippen LogP contribution in [0.25, 0.3) is 0 Å². The van der Waals surface area contributed by atoms with Crippen molar-refractivity contribution >= 4 is 5.69 Å². The van der Waals surface area contributed by atoms with Gasteiger partial charge in [-0.05, 0) is 18.9 Å². The van der Waals surface area contributed by atoms with Crippen LogP contribution in [0.4, 0.5) is 5.69 Å². The Bertz CT molecular complexity index is 346. The van der Waals surface area contributed by atoms with Crippen molar-refractivity contribution < 1.29 is 5.11 Å². The van der Waals surface area contributed by atoms with E-state index in [4.69, 9.17) is 0 Å². The highest BCUT2D eigenvalue weighted by Crippen LogP contribution is 2.27. The average Bonchev–Trinajstić information content (AvgIpc) is 2.66. The van der Waals surface area contributed by atoms with Crippen LogP contribution in [-0.2, 0) is 6.61 Å². The highest BCUT2D eigenvalue weighted by atomic mass is 16.3. The van der Waals surface area contributed by atoms with Crippen LogP contribution in [0, 0.1) is 0 Å². The second-order valence-electron chi connectivity index (χ2n) is 4.92. The zero-order valence-electron chi connectivity index (χ0n) is 10.6. The summed E-state index contributed by atoms with van der Waals surface area (Å²) >= 11 is 0. The fraction of sp³-hybridized carbons (Fsp3) is 0.643. The quantitative estimate of drug-likeness (QED) is 0.817. The molecule has 94 valence electrons. The van der Waals surface area contributed by atoms with Crippen LogP contribution >= 0.6 is 0 Å². The third kappa shape index (κ3) is 2.97. The molecule has 0 unspecified atom stereocenters. The summed E-state index contributed by atoms with van der Waals surface area (Å²) in [5.41, 5.74) is 2.06. The number of hydrogen-bond donors (Lipinski definition) is 1. The average molecular weight is 234 g/mol. The number of rotatable bonds is 3. The Hall–Kier alpha value is -1.09. The Morgan fingerprint density at radius 3 is 2.65 bits per heavy atom. The van der Waals surface area contributed by atoms with Crippen molar-refractivity contribution in [3.63, 3.8) is 0 Å². The van der Waals surface area contributed by atoms with E-state index in [-0.39, 0.29) is 6.61 Å². The maximum atomic E-state index is 9.35. The molecule has 3 heteroatoms. The van der Waals surface area contributed by atoms with Gasteiger partial charge in [-0.15, -0.1) is 0 Å². The van der Waals surface area contributed by atoms with E-state index in [9.17, 15) is 5.11 Å². The molecule has 1 aromatic heterocycles. The van der Waals surface area contributed by atoms with Gasteiger partial charge in [0.25, 0.3) is 0 Å². The van der Waals surface area contributed by atoms with Crippen molar-refractivity contribution in [2.24, 2.45) is 0 Å². The van der Waals surface area contributed by atoms with E-state index in [1.165, 1.54) is 38.5 Å². The lowest BCUT2D eigenvalue weighted by Crippen LogP contribution is -2.31. The van der Waals surface area contributed by atoms with Gasteiger partial charge in [-0.1, -0.05) is 25.7 Å². The Morgan fingerprint density at radius 2 is 2.00 bits per heavy atom. The SMILES string of the molecule is CN(c1ccncc1CO)C1CCCCCC1. The predicted molar refractivity (Wildman–Crippen MR) is 70.1 cm³/mol. The van der Waals surface area contributed by atoms with E-state index in [1.54, 1.807) is 6.20 Å². The second-order valence-corrected chi connectivity index (χ2v) is 4.92. The smallest absolute Gasteiger partial charge is 0.0717 e. The first-order valence-corrected chi connectivity index (χ1v) is 6.59. The molecular formula is C14H22N2O. The Kier molecular flexibility index (Phi) is 4.37. The molecule has 1 aliphatic rings. The molecule has 0 radical (unpaired) electrons. The molecule has 0 aliphatic heterocycles. The van der Waals surface area contributed by atoms with Gasteiger partial charge in [0.2, 0.25) is 0 Å². The Morgan fingerprint density at radius 1 is 1.29 bits per heavy atom. The lowest BCUT2D eigenvalue weighted by atomic mass is 10.1. The number of anilines is 1. The number of aromatic nitrogens is 1. The number of hydrogen-bond acceptors (Lipinski definition) is 3. The van der Waals surface area contributed by atoms with Crippen molar-refractivity contribution in [3.05, 3.63) is 24.0 Å². The maximum Gasteiger partial charge on any atom is 0.0717 e. The molecule has 1 aliphatic carbocycles. The maximum absolute atomic E-state index is 9.35. The molecule has 1 heterocycles. The van der Waals surface area contributed by atoms with Gasteiger partial charge in [0.1, 0.15) is 0 Å². The molecule has 0 aromatic carbocycles. The highest BCUT2D eigenvalue weighted by Gasteiger charge is 2.18. The fourth-order valence-corrected chi connectivity index (χ4v) is 2.73. The van der Waals surface area contributed by atoms with E-state index < -0.39 is 0 Å². The molecule has 2 rings (SSSR count). The first-order valence-electron chi connectivity index (χ1n) is 6.59. The molecule has 0 amide bonds. The van der Waals surface area contributed by atoms with Crippen LogP contribution in [-0.4, -0.2) is 23.2 Å². The van der Waals surface area contributed by atoms with E-state index in [2.05, 4.69) is 16.9 Å². The Balaban J connectivity index is 2.14. The fourth-order valence-electron chi connectivity index (χ4n) is 2.73. The summed E-state index contributed by atoms with van der Waals surface area (Å²) in [5.74, 6) is 0. The molecule has 1 N–H and O–H groups in total. The summed E-state index contributed by atoms with van der Waals surface area (Å²) < 4.78 is 0. The van der Waals surface area contributed by atoms with Gasteiger partial charge in [-0.2, -0.15) is 0 Å². The number of aliphatic hydroxyl groups is 1. The molecule has 0 bridgehead atoms. The summed E-state index contributed by atoms with van der Waals surface area (Å²) in [7, 11) is 2.14. The molecule has 0 saturated heterocycles. The lowest BCUT2D eigenvalue weighted by molar-refractivity contribution is 0.281. The largest absolute Gasteiger partial charge is 0.392 e. The van der Waals surface area contributed by atoms with Crippen molar-refractivity contribution in [2.75, 3.05) is 11.9 Å². The molecule has 1 saturated carbocycles. The predicted octanol–water partition coefficient (Wildman–Crippen LogP) is 2.73. The van der Waals surface area contributed by atoms with Gasteiger partial charge in [-0.25, -0.2) is 0 Å². The third-order valence-corrected chi connectivity index (χ3v) is 3.80. The van der Waals surface area contributed by atoms with E-state index in [0.29, 0.717) is 6.04 Å². The van der Waals surface area contributed by atoms with Crippen LogP contribution < -0.4 is 4.90 Å². The number of pyridine rings is 1. The molecular weight excluding hydrogens is 212 g/mol. The molecule has 0 atom stereocenters. The van der Waals surface area contributed by atoms with Gasteiger partial charge >= 0.3 is 0 Å². The minimum Gasteiger partial charge on any atom is -0.392 e. The third-order valence-electron chi connectivity index (χ3n) is 3.80. The second kappa shape index (κ2) is 6.01. The minimum absolute atomic E-state index is 0.0697. The molecule has 17 heavy (non-hydrogen) atoms. The topological polar surface area (TPSA) is 36.4 Å². The van der Waals surface area contributed by atoms with Crippen molar-refractivity contribution in [1.29, 1.82) is 0 Å². The zero-order valence-corrected chi connectivity index (χ0v) is 10.6. The van der Waals surface area contributed by atoms with Crippen LogP contribution in [0.5, 0.6) is 0 Å². The van der Waals surface area contributed by atoms with E-state index in [1.807, 2.05) is 12.3 Å². The summed E-state index contributed by atoms with van der Waals surface area (Å²) in [4.78, 5) is 6.41. The van der Waals surface area contributed by atoms with Crippen LogP contribution in [0.1, 0.15) is 44.1 Å². The summed E-state index contributed by atoms with van der Waals surface area (Å²) in [6.07, 6.45) is 11.5. The molecule has 0 spiro atoms. The zero-order chi connectivity index (χ0) is 12.1. The monoisotopic (exact) mass is 234 g/mol. The lowest BCUT2D eigenvalue weighted by Gasteiger charge is -2.30.